The van der Waals surface area contributed by atoms with Crippen molar-refractivity contribution < 1.29 is 9.21 Å². The Kier molecular flexibility index (Phi) is 5.22. The molecule has 0 atom stereocenters. The Morgan fingerprint density at radius 3 is 2.61 bits per heavy atom. The van der Waals surface area contributed by atoms with E-state index in [-0.39, 0.29) is 5.91 Å². The first-order valence-corrected chi connectivity index (χ1v) is 9.97. The molecule has 1 amide bonds. The molecule has 6 nitrogen and oxygen atoms in total. The van der Waals surface area contributed by atoms with E-state index in [9.17, 15) is 4.79 Å². The molecule has 3 heterocycles. The Hall–Kier alpha value is -2.60. The van der Waals surface area contributed by atoms with Crippen LogP contribution in [0.1, 0.15) is 29.3 Å². The Morgan fingerprint density at radius 2 is 1.89 bits per heavy atom. The molecule has 0 spiro atoms. The first-order valence-electron chi connectivity index (χ1n) is 9.97. The molecule has 4 rings (SSSR count). The summed E-state index contributed by atoms with van der Waals surface area (Å²) >= 11 is 0. The highest BCUT2D eigenvalue weighted by Gasteiger charge is 2.22. The molecule has 0 bridgehead atoms. The number of piperazine rings is 1. The molecule has 1 aromatic carbocycles. The molecule has 0 aliphatic carbocycles. The lowest BCUT2D eigenvalue weighted by atomic mass is 10.1. The molecular formula is C22H28N4O2. The number of benzene rings is 1. The number of para-hydroxylation sites is 1. The average Bonchev–Trinajstić information content (AvgIpc) is 3.19. The van der Waals surface area contributed by atoms with Crippen LogP contribution in [0, 0.1) is 13.8 Å². The molecule has 28 heavy (non-hydrogen) atoms. The van der Waals surface area contributed by atoms with E-state index in [1.165, 1.54) is 16.5 Å². The van der Waals surface area contributed by atoms with Crippen molar-refractivity contribution in [3.63, 3.8) is 0 Å². The lowest BCUT2D eigenvalue weighted by Gasteiger charge is -2.34. The minimum atomic E-state index is 0.246. The van der Waals surface area contributed by atoms with Gasteiger partial charge in [0.2, 0.25) is 11.8 Å². The Labute approximate surface area is 165 Å². The zero-order valence-corrected chi connectivity index (χ0v) is 16.9. The summed E-state index contributed by atoms with van der Waals surface area (Å²) in [6.45, 7) is 7.89. The molecule has 1 aliphatic heterocycles. The van der Waals surface area contributed by atoms with Crippen molar-refractivity contribution in [3.8, 4) is 0 Å². The van der Waals surface area contributed by atoms with Gasteiger partial charge in [0.15, 0.2) is 0 Å². The minimum absolute atomic E-state index is 0.246. The van der Waals surface area contributed by atoms with Crippen LogP contribution < -0.4 is 0 Å². The van der Waals surface area contributed by atoms with Crippen molar-refractivity contribution in [1.82, 2.24) is 19.4 Å². The number of nitrogens with zero attached hydrogens (tertiary/aromatic N) is 4. The van der Waals surface area contributed by atoms with Crippen molar-refractivity contribution in [3.05, 3.63) is 53.4 Å². The second-order valence-corrected chi connectivity index (χ2v) is 7.69. The normalized spacial score (nSPS) is 15.5. The third-order valence-electron chi connectivity index (χ3n) is 5.74. The predicted molar refractivity (Wildman–Crippen MR) is 109 cm³/mol. The van der Waals surface area contributed by atoms with Crippen molar-refractivity contribution in [1.29, 1.82) is 0 Å². The van der Waals surface area contributed by atoms with Crippen LogP contribution in [-0.4, -0.2) is 51.4 Å². The third kappa shape index (κ3) is 3.83. The number of rotatable bonds is 5. The second-order valence-electron chi connectivity index (χ2n) is 7.69. The fraction of sp³-hybridized carbons (Fsp3) is 0.455. The van der Waals surface area contributed by atoms with Gasteiger partial charge in [-0.25, -0.2) is 4.98 Å². The van der Waals surface area contributed by atoms with E-state index in [0.29, 0.717) is 13.0 Å². The van der Waals surface area contributed by atoms with Crippen LogP contribution in [0.4, 0.5) is 0 Å². The lowest BCUT2D eigenvalue weighted by molar-refractivity contribution is -0.133. The van der Waals surface area contributed by atoms with E-state index >= 15 is 0 Å². The van der Waals surface area contributed by atoms with Gasteiger partial charge in [-0.15, -0.1) is 0 Å². The maximum absolute atomic E-state index is 12.7. The third-order valence-corrected chi connectivity index (χ3v) is 5.74. The molecule has 3 aromatic rings. The maximum atomic E-state index is 12.7. The number of hydrogen-bond acceptors (Lipinski definition) is 4. The molecule has 1 aliphatic rings. The summed E-state index contributed by atoms with van der Waals surface area (Å²) in [7, 11) is 2.06. The molecular weight excluding hydrogens is 352 g/mol. The second kappa shape index (κ2) is 7.80. The molecule has 148 valence electrons. The zero-order valence-electron chi connectivity index (χ0n) is 16.9. The van der Waals surface area contributed by atoms with E-state index < -0.39 is 0 Å². The molecule has 2 aromatic heterocycles. The molecule has 0 saturated carbocycles. The van der Waals surface area contributed by atoms with Gasteiger partial charge < -0.3 is 13.9 Å². The highest BCUT2D eigenvalue weighted by Crippen LogP contribution is 2.22. The first-order chi connectivity index (χ1) is 13.5. The standard InChI is InChI=1S/C22H28N4O2/c1-16-17(2)28-21(23-16)15-25-10-12-26(13-11-25)22(27)9-8-18-14-24(3)20-7-5-4-6-19(18)20/h4-7,14H,8-13,15H2,1-3H3. The first kappa shape index (κ1) is 18.7. The van der Waals surface area contributed by atoms with E-state index in [1.54, 1.807) is 0 Å². The number of aromatic nitrogens is 2. The van der Waals surface area contributed by atoms with Gasteiger partial charge in [-0.1, -0.05) is 18.2 Å². The molecule has 1 saturated heterocycles. The number of aryl methyl sites for hydroxylation is 4. The van der Waals surface area contributed by atoms with Crippen LogP contribution >= 0.6 is 0 Å². The molecule has 0 unspecified atom stereocenters. The summed E-state index contributed by atoms with van der Waals surface area (Å²) in [5, 5.41) is 1.25. The zero-order chi connectivity index (χ0) is 19.7. The fourth-order valence-electron chi connectivity index (χ4n) is 3.98. The van der Waals surface area contributed by atoms with Crippen LogP contribution in [0.15, 0.2) is 34.9 Å². The van der Waals surface area contributed by atoms with E-state index in [1.807, 2.05) is 18.7 Å². The van der Waals surface area contributed by atoms with Crippen LogP contribution in [0.3, 0.4) is 0 Å². The number of fused-ring (bicyclic) bond motifs is 1. The quantitative estimate of drug-likeness (QED) is 0.683. The van der Waals surface area contributed by atoms with Gasteiger partial charge in [-0.2, -0.15) is 0 Å². The van der Waals surface area contributed by atoms with Crippen molar-refractivity contribution in [2.45, 2.75) is 33.2 Å². The Balaban J connectivity index is 1.29. The van der Waals surface area contributed by atoms with Crippen molar-refractivity contribution in [2.24, 2.45) is 7.05 Å². The number of oxazole rings is 1. The maximum Gasteiger partial charge on any atom is 0.222 e. The molecule has 0 radical (unpaired) electrons. The topological polar surface area (TPSA) is 54.5 Å². The molecule has 0 N–H and O–H groups in total. The van der Waals surface area contributed by atoms with E-state index in [2.05, 4.69) is 52.0 Å². The largest absolute Gasteiger partial charge is 0.444 e. The summed E-state index contributed by atoms with van der Waals surface area (Å²) in [6, 6.07) is 8.37. The average molecular weight is 380 g/mol. The van der Waals surface area contributed by atoms with Crippen LogP contribution in [0.25, 0.3) is 10.9 Å². The SMILES string of the molecule is Cc1nc(CN2CCN(C(=O)CCc3cn(C)c4ccccc34)CC2)oc1C. The van der Waals surface area contributed by atoms with Gasteiger partial charge >= 0.3 is 0 Å². The van der Waals surface area contributed by atoms with E-state index in [0.717, 1.165) is 49.9 Å². The minimum Gasteiger partial charge on any atom is -0.444 e. The number of carbonyl (C=O) groups excluding carboxylic acids is 1. The van der Waals surface area contributed by atoms with Gasteiger partial charge in [-0.05, 0) is 31.9 Å². The Morgan fingerprint density at radius 1 is 1.14 bits per heavy atom. The lowest BCUT2D eigenvalue weighted by Crippen LogP contribution is -2.48. The molecule has 6 heteroatoms. The van der Waals surface area contributed by atoms with Gasteiger partial charge in [0, 0.05) is 56.7 Å². The Bertz CT molecular complexity index is 960. The van der Waals surface area contributed by atoms with Gasteiger partial charge in [0.25, 0.3) is 0 Å². The van der Waals surface area contributed by atoms with Crippen LogP contribution in [-0.2, 0) is 24.8 Å². The number of amides is 1. The summed E-state index contributed by atoms with van der Waals surface area (Å²) in [4.78, 5) is 21.5. The number of hydrogen-bond donors (Lipinski definition) is 0. The summed E-state index contributed by atoms with van der Waals surface area (Å²) in [5.74, 6) is 1.90. The van der Waals surface area contributed by atoms with Crippen molar-refractivity contribution in [2.75, 3.05) is 26.2 Å². The highest BCUT2D eigenvalue weighted by molar-refractivity contribution is 5.85. The summed E-state index contributed by atoms with van der Waals surface area (Å²) in [6.07, 6.45) is 3.50. The smallest absolute Gasteiger partial charge is 0.222 e. The summed E-state index contributed by atoms with van der Waals surface area (Å²) < 4.78 is 7.82. The summed E-state index contributed by atoms with van der Waals surface area (Å²) in [5.41, 5.74) is 3.42. The van der Waals surface area contributed by atoms with Crippen LogP contribution in [0.2, 0.25) is 0 Å². The van der Waals surface area contributed by atoms with E-state index in [4.69, 9.17) is 4.42 Å². The predicted octanol–water partition coefficient (Wildman–Crippen LogP) is 3.06. The molecule has 1 fully saturated rings. The van der Waals surface area contributed by atoms with Gasteiger partial charge in [-0.3, -0.25) is 9.69 Å². The van der Waals surface area contributed by atoms with Gasteiger partial charge in [0.1, 0.15) is 5.76 Å². The monoisotopic (exact) mass is 380 g/mol. The van der Waals surface area contributed by atoms with Gasteiger partial charge in [0.05, 0.1) is 12.2 Å². The highest BCUT2D eigenvalue weighted by atomic mass is 16.4. The van der Waals surface area contributed by atoms with Crippen molar-refractivity contribution >= 4 is 16.8 Å². The fourth-order valence-corrected chi connectivity index (χ4v) is 3.98. The van der Waals surface area contributed by atoms with Crippen LogP contribution in [0.5, 0.6) is 0 Å². The number of carbonyl (C=O) groups is 1.